The zero-order valence-electron chi connectivity index (χ0n) is 12.5. The molecular formula is C15H15F2N3O3. The molecule has 0 bridgehead atoms. The number of alkyl halides is 1. The van der Waals surface area contributed by atoms with E-state index in [1.165, 1.54) is 28.9 Å². The summed E-state index contributed by atoms with van der Waals surface area (Å²) in [5.74, 6) is -2.58. The molecule has 23 heavy (non-hydrogen) atoms. The first-order chi connectivity index (χ1) is 10.8. The Hall–Kier alpha value is -2.77. The standard InChI is InChI=1S/C15H15F2N3O3/c1-8-13(14(21)18-12(7-16)15(22)23)9(2)20(19-8)11-5-3-10(17)4-6-11/h3-6,12H,7H2,1-2H3,(H,18,21)(H,22,23). The number of nitrogens with one attached hydrogen (secondary N) is 1. The predicted octanol–water partition coefficient (Wildman–Crippen LogP) is 1.78. The van der Waals surface area contributed by atoms with Crippen molar-refractivity contribution in [3.05, 3.63) is 47.0 Å². The van der Waals surface area contributed by atoms with E-state index in [2.05, 4.69) is 10.4 Å². The van der Waals surface area contributed by atoms with E-state index in [4.69, 9.17) is 5.11 Å². The number of aryl methyl sites for hydroxylation is 1. The molecule has 1 aromatic carbocycles. The van der Waals surface area contributed by atoms with Crippen LogP contribution in [0.25, 0.3) is 5.69 Å². The number of aliphatic carboxylic acids is 1. The van der Waals surface area contributed by atoms with Crippen molar-refractivity contribution in [2.24, 2.45) is 0 Å². The summed E-state index contributed by atoms with van der Waals surface area (Å²) in [7, 11) is 0. The SMILES string of the molecule is Cc1nn(-c2ccc(F)cc2)c(C)c1C(=O)NC(CF)C(=O)O. The molecular weight excluding hydrogens is 308 g/mol. The molecule has 0 aliphatic heterocycles. The Balaban J connectivity index is 2.35. The molecule has 1 amide bonds. The van der Waals surface area contributed by atoms with Crippen molar-refractivity contribution < 1.29 is 23.5 Å². The molecule has 1 unspecified atom stereocenters. The molecule has 1 atom stereocenters. The molecule has 2 aromatic rings. The number of benzene rings is 1. The number of amides is 1. The largest absolute Gasteiger partial charge is 0.480 e. The first-order valence-electron chi connectivity index (χ1n) is 6.77. The van der Waals surface area contributed by atoms with Gasteiger partial charge in [-0.05, 0) is 38.1 Å². The maximum atomic E-state index is 13.0. The Kier molecular flexibility index (Phi) is 4.73. The highest BCUT2D eigenvalue weighted by molar-refractivity contribution is 5.98. The van der Waals surface area contributed by atoms with Crippen molar-refractivity contribution >= 4 is 11.9 Å². The predicted molar refractivity (Wildman–Crippen MR) is 77.9 cm³/mol. The zero-order valence-corrected chi connectivity index (χ0v) is 12.5. The van der Waals surface area contributed by atoms with E-state index in [1.54, 1.807) is 13.8 Å². The van der Waals surface area contributed by atoms with Gasteiger partial charge in [0.05, 0.1) is 22.6 Å². The van der Waals surface area contributed by atoms with Gasteiger partial charge >= 0.3 is 5.97 Å². The van der Waals surface area contributed by atoms with Crippen LogP contribution in [0.1, 0.15) is 21.7 Å². The van der Waals surface area contributed by atoms with Gasteiger partial charge < -0.3 is 10.4 Å². The van der Waals surface area contributed by atoms with Crippen LogP contribution in [0, 0.1) is 19.7 Å². The summed E-state index contributed by atoms with van der Waals surface area (Å²) in [6.45, 7) is 1.97. The minimum absolute atomic E-state index is 0.161. The van der Waals surface area contributed by atoms with Crippen LogP contribution >= 0.6 is 0 Å². The normalized spacial score (nSPS) is 12.0. The van der Waals surface area contributed by atoms with Gasteiger partial charge in [0.2, 0.25) is 0 Å². The van der Waals surface area contributed by atoms with Crippen LogP contribution in [0.5, 0.6) is 0 Å². The maximum absolute atomic E-state index is 13.0. The summed E-state index contributed by atoms with van der Waals surface area (Å²) in [4.78, 5) is 23.0. The second kappa shape index (κ2) is 6.55. The number of halogens is 2. The summed E-state index contributed by atoms with van der Waals surface area (Å²) in [6.07, 6.45) is 0. The lowest BCUT2D eigenvalue weighted by molar-refractivity contribution is -0.139. The molecule has 0 spiro atoms. The van der Waals surface area contributed by atoms with Crippen molar-refractivity contribution in [3.8, 4) is 5.69 Å². The smallest absolute Gasteiger partial charge is 0.328 e. The highest BCUT2D eigenvalue weighted by Gasteiger charge is 2.25. The van der Waals surface area contributed by atoms with Crippen molar-refractivity contribution in [2.45, 2.75) is 19.9 Å². The van der Waals surface area contributed by atoms with Crippen LogP contribution in [0.4, 0.5) is 8.78 Å². The number of hydrogen-bond acceptors (Lipinski definition) is 3. The molecule has 122 valence electrons. The fraction of sp³-hybridized carbons (Fsp3) is 0.267. The lowest BCUT2D eigenvalue weighted by Crippen LogP contribution is -2.42. The van der Waals surface area contributed by atoms with Gasteiger partial charge in [0.25, 0.3) is 5.91 Å². The third-order valence-electron chi connectivity index (χ3n) is 3.35. The Morgan fingerprint density at radius 3 is 2.43 bits per heavy atom. The van der Waals surface area contributed by atoms with Crippen LogP contribution in [0.15, 0.2) is 24.3 Å². The van der Waals surface area contributed by atoms with E-state index in [0.717, 1.165) is 0 Å². The van der Waals surface area contributed by atoms with Crippen molar-refractivity contribution in [3.63, 3.8) is 0 Å². The van der Waals surface area contributed by atoms with Gasteiger partial charge in [0.15, 0.2) is 6.04 Å². The number of carboxylic acid groups (broad SMARTS) is 1. The van der Waals surface area contributed by atoms with E-state index < -0.39 is 30.4 Å². The highest BCUT2D eigenvalue weighted by atomic mass is 19.1. The Bertz CT molecular complexity index is 741. The zero-order chi connectivity index (χ0) is 17.1. The van der Waals surface area contributed by atoms with E-state index >= 15 is 0 Å². The van der Waals surface area contributed by atoms with Gasteiger partial charge in [-0.3, -0.25) is 4.79 Å². The van der Waals surface area contributed by atoms with Gasteiger partial charge in [0.1, 0.15) is 12.5 Å². The van der Waals surface area contributed by atoms with Gasteiger partial charge in [-0.25, -0.2) is 18.3 Å². The number of carbonyl (C=O) groups excluding carboxylic acids is 1. The number of carbonyl (C=O) groups is 2. The number of carboxylic acids is 1. The topological polar surface area (TPSA) is 84.2 Å². The van der Waals surface area contributed by atoms with Gasteiger partial charge in [-0.1, -0.05) is 0 Å². The lowest BCUT2D eigenvalue weighted by atomic mass is 10.1. The monoisotopic (exact) mass is 323 g/mol. The molecule has 0 saturated heterocycles. The Labute approximate surface area is 130 Å². The molecule has 0 aliphatic rings. The van der Waals surface area contributed by atoms with Gasteiger partial charge in [-0.2, -0.15) is 5.10 Å². The Morgan fingerprint density at radius 2 is 1.91 bits per heavy atom. The van der Waals surface area contributed by atoms with Crippen LogP contribution in [-0.2, 0) is 4.79 Å². The quantitative estimate of drug-likeness (QED) is 0.878. The fourth-order valence-electron chi connectivity index (χ4n) is 2.20. The average Bonchev–Trinajstić information content (AvgIpc) is 2.80. The van der Waals surface area contributed by atoms with E-state index in [-0.39, 0.29) is 5.56 Å². The summed E-state index contributed by atoms with van der Waals surface area (Å²) >= 11 is 0. The van der Waals surface area contributed by atoms with Crippen molar-refractivity contribution in [1.82, 2.24) is 15.1 Å². The third-order valence-corrected chi connectivity index (χ3v) is 3.35. The molecule has 1 heterocycles. The van der Waals surface area contributed by atoms with E-state index in [1.807, 2.05) is 0 Å². The van der Waals surface area contributed by atoms with E-state index in [0.29, 0.717) is 17.1 Å². The second-order valence-corrected chi connectivity index (χ2v) is 4.95. The molecule has 0 aliphatic carbocycles. The number of rotatable bonds is 5. The lowest BCUT2D eigenvalue weighted by Gasteiger charge is -2.11. The molecule has 0 fully saturated rings. The third kappa shape index (κ3) is 3.36. The first-order valence-corrected chi connectivity index (χ1v) is 6.77. The van der Waals surface area contributed by atoms with Gasteiger partial charge in [0, 0.05) is 0 Å². The van der Waals surface area contributed by atoms with Crippen LogP contribution in [0.3, 0.4) is 0 Å². The Morgan fingerprint density at radius 1 is 1.30 bits per heavy atom. The highest BCUT2D eigenvalue weighted by Crippen LogP contribution is 2.18. The average molecular weight is 323 g/mol. The molecule has 0 saturated carbocycles. The number of hydrogen-bond donors (Lipinski definition) is 2. The molecule has 1 aromatic heterocycles. The van der Waals surface area contributed by atoms with Crippen LogP contribution in [0.2, 0.25) is 0 Å². The van der Waals surface area contributed by atoms with Gasteiger partial charge in [-0.15, -0.1) is 0 Å². The molecule has 8 heteroatoms. The van der Waals surface area contributed by atoms with Crippen LogP contribution < -0.4 is 5.32 Å². The number of aromatic nitrogens is 2. The molecule has 0 radical (unpaired) electrons. The molecule has 2 rings (SSSR count). The first kappa shape index (κ1) is 16.6. The van der Waals surface area contributed by atoms with Crippen molar-refractivity contribution in [2.75, 3.05) is 6.67 Å². The second-order valence-electron chi connectivity index (χ2n) is 4.95. The van der Waals surface area contributed by atoms with Crippen LogP contribution in [-0.4, -0.2) is 39.5 Å². The molecule has 2 N–H and O–H groups in total. The minimum Gasteiger partial charge on any atom is -0.480 e. The van der Waals surface area contributed by atoms with E-state index in [9.17, 15) is 18.4 Å². The van der Waals surface area contributed by atoms with Crippen molar-refractivity contribution in [1.29, 1.82) is 0 Å². The maximum Gasteiger partial charge on any atom is 0.328 e. The number of nitrogens with zero attached hydrogens (tertiary/aromatic N) is 2. The summed E-state index contributed by atoms with van der Waals surface area (Å²) in [6, 6.07) is 3.90. The summed E-state index contributed by atoms with van der Waals surface area (Å²) < 4.78 is 27.1. The minimum atomic E-state index is -1.62. The molecule has 6 nitrogen and oxygen atoms in total. The fourth-order valence-corrected chi connectivity index (χ4v) is 2.20. The summed E-state index contributed by atoms with van der Waals surface area (Å²) in [5, 5.41) is 15.1. The summed E-state index contributed by atoms with van der Waals surface area (Å²) in [5.41, 5.74) is 1.50.